The molecule has 134 valence electrons. The zero-order valence-corrected chi connectivity index (χ0v) is 15.6. The molecule has 1 fully saturated rings. The van der Waals surface area contributed by atoms with Gasteiger partial charge in [0.2, 0.25) is 0 Å². The number of carbonyl (C=O) groups excluding carboxylic acids is 1. The molecule has 2 atom stereocenters. The molecule has 0 aromatic carbocycles. The zero-order chi connectivity index (χ0) is 15.7. The predicted octanol–water partition coefficient (Wildman–Crippen LogP) is 2.37. The van der Waals surface area contributed by atoms with Crippen LogP contribution in [0.15, 0.2) is 12.3 Å². The fourth-order valence-electron chi connectivity index (χ4n) is 3.36. The smallest absolute Gasteiger partial charge is 0.253 e. The van der Waals surface area contributed by atoms with E-state index in [-0.39, 0.29) is 36.8 Å². The number of nitrogens with two attached hydrogens (primary N) is 1. The quantitative estimate of drug-likeness (QED) is 0.864. The minimum Gasteiger partial charge on any atom is -0.349 e. The molecule has 24 heavy (non-hydrogen) atoms. The lowest BCUT2D eigenvalue weighted by molar-refractivity contribution is 0.0908. The third-order valence-electron chi connectivity index (χ3n) is 4.65. The van der Waals surface area contributed by atoms with Crippen LogP contribution in [-0.4, -0.2) is 33.3 Å². The predicted molar refractivity (Wildman–Crippen MR) is 100 cm³/mol. The van der Waals surface area contributed by atoms with Crippen molar-refractivity contribution in [3.05, 3.63) is 23.5 Å². The van der Waals surface area contributed by atoms with Gasteiger partial charge in [-0.2, -0.15) is 5.10 Å². The largest absolute Gasteiger partial charge is 0.349 e. The maximum atomic E-state index is 12.5. The molecule has 1 aliphatic rings. The number of rotatable bonds is 3. The van der Waals surface area contributed by atoms with Gasteiger partial charge < -0.3 is 11.1 Å². The molecule has 1 amide bonds. The highest BCUT2D eigenvalue weighted by Crippen LogP contribution is 2.24. The van der Waals surface area contributed by atoms with Gasteiger partial charge in [0.05, 0.1) is 11.3 Å². The average Bonchev–Trinajstić information content (AvgIpc) is 2.82. The Morgan fingerprint density at radius 3 is 2.79 bits per heavy atom. The number of aromatic nitrogens is 3. The van der Waals surface area contributed by atoms with Gasteiger partial charge >= 0.3 is 0 Å². The average molecular weight is 374 g/mol. The SMILES string of the molecule is Cc1nn(C)c2ncc(C(=O)NC3CCCCC3CN)cc12.Cl.Cl. The van der Waals surface area contributed by atoms with Crippen molar-refractivity contribution in [1.82, 2.24) is 20.1 Å². The third-order valence-corrected chi connectivity index (χ3v) is 4.65. The van der Waals surface area contributed by atoms with Crippen LogP contribution in [-0.2, 0) is 7.05 Å². The van der Waals surface area contributed by atoms with Crippen LogP contribution in [0.25, 0.3) is 11.0 Å². The van der Waals surface area contributed by atoms with E-state index in [0.29, 0.717) is 18.0 Å². The lowest BCUT2D eigenvalue weighted by Crippen LogP contribution is -2.44. The molecule has 6 nitrogen and oxygen atoms in total. The highest BCUT2D eigenvalue weighted by Gasteiger charge is 2.26. The molecule has 3 N–H and O–H groups in total. The summed E-state index contributed by atoms with van der Waals surface area (Å²) in [5, 5.41) is 8.40. The number of aryl methyl sites for hydroxylation is 2. The lowest BCUT2D eigenvalue weighted by atomic mass is 9.84. The molecule has 2 aromatic rings. The van der Waals surface area contributed by atoms with Crippen LogP contribution in [0.2, 0.25) is 0 Å². The number of fused-ring (bicyclic) bond motifs is 1. The number of hydrogen-bond acceptors (Lipinski definition) is 4. The molecule has 2 heterocycles. The molecular weight excluding hydrogens is 349 g/mol. The minimum atomic E-state index is -0.0667. The number of carbonyl (C=O) groups is 1. The Morgan fingerprint density at radius 2 is 2.08 bits per heavy atom. The summed E-state index contributed by atoms with van der Waals surface area (Å²) in [6.07, 6.45) is 6.09. The van der Waals surface area contributed by atoms with E-state index in [9.17, 15) is 4.79 Å². The summed E-state index contributed by atoms with van der Waals surface area (Å²) >= 11 is 0. The second kappa shape index (κ2) is 8.65. The van der Waals surface area contributed by atoms with Gasteiger partial charge in [-0.05, 0) is 38.3 Å². The summed E-state index contributed by atoms with van der Waals surface area (Å²) in [6, 6.07) is 2.05. The normalized spacial score (nSPS) is 20.1. The Hall–Kier alpha value is -1.37. The minimum absolute atomic E-state index is 0. The van der Waals surface area contributed by atoms with E-state index < -0.39 is 0 Å². The van der Waals surface area contributed by atoms with Crippen molar-refractivity contribution in [1.29, 1.82) is 0 Å². The van der Waals surface area contributed by atoms with Gasteiger partial charge in [-0.25, -0.2) is 4.98 Å². The summed E-state index contributed by atoms with van der Waals surface area (Å²) in [7, 11) is 1.86. The molecular formula is C16H25Cl2N5O. The fraction of sp³-hybridized carbons (Fsp3) is 0.562. The first-order chi connectivity index (χ1) is 10.6. The van der Waals surface area contributed by atoms with Crippen molar-refractivity contribution < 1.29 is 4.79 Å². The first-order valence-corrected chi connectivity index (χ1v) is 7.90. The molecule has 1 aliphatic carbocycles. The molecule has 0 saturated heterocycles. The number of amides is 1. The molecule has 2 unspecified atom stereocenters. The van der Waals surface area contributed by atoms with Crippen molar-refractivity contribution in [2.75, 3.05) is 6.54 Å². The fourth-order valence-corrected chi connectivity index (χ4v) is 3.36. The number of nitrogens with one attached hydrogen (secondary N) is 1. The van der Waals surface area contributed by atoms with Crippen molar-refractivity contribution in [2.24, 2.45) is 18.7 Å². The molecule has 8 heteroatoms. The van der Waals surface area contributed by atoms with Crippen molar-refractivity contribution in [2.45, 2.75) is 38.6 Å². The van der Waals surface area contributed by atoms with Gasteiger partial charge in [0.15, 0.2) is 5.65 Å². The first kappa shape index (κ1) is 20.7. The van der Waals surface area contributed by atoms with E-state index in [1.807, 2.05) is 20.0 Å². The summed E-state index contributed by atoms with van der Waals surface area (Å²) in [4.78, 5) is 16.9. The zero-order valence-electron chi connectivity index (χ0n) is 14.0. The van der Waals surface area contributed by atoms with E-state index in [4.69, 9.17) is 5.73 Å². The van der Waals surface area contributed by atoms with Gasteiger partial charge in [0.1, 0.15) is 0 Å². The van der Waals surface area contributed by atoms with E-state index in [1.165, 1.54) is 6.42 Å². The topological polar surface area (TPSA) is 85.8 Å². The van der Waals surface area contributed by atoms with Crippen LogP contribution in [0, 0.1) is 12.8 Å². The van der Waals surface area contributed by atoms with Gasteiger partial charge in [-0.15, -0.1) is 24.8 Å². The highest BCUT2D eigenvalue weighted by atomic mass is 35.5. The second-order valence-corrected chi connectivity index (χ2v) is 6.16. The first-order valence-electron chi connectivity index (χ1n) is 7.90. The second-order valence-electron chi connectivity index (χ2n) is 6.16. The van der Waals surface area contributed by atoms with Crippen LogP contribution >= 0.6 is 24.8 Å². The van der Waals surface area contributed by atoms with Gasteiger partial charge in [0.25, 0.3) is 5.91 Å². The van der Waals surface area contributed by atoms with E-state index in [2.05, 4.69) is 15.4 Å². The van der Waals surface area contributed by atoms with Crippen LogP contribution in [0.1, 0.15) is 41.7 Å². The van der Waals surface area contributed by atoms with Gasteiger partial charge in [-0.3, -0.25) is 9.48 Å². The van der Waals surface area contributed by atoms with Gasteiger partial charge in [-0.1, -0.05) is 12.8 Å². The summed E-state index contributed by atoms with van der Waals surface area (Å²) < 4.78 is 1.73. The molecule has 1 saturated carbocycles. The Balaban J connectivity index is 0.00000144. The highest BCUT2D eigenvalue weighted by molar-refractivity contribution is 5.97. The Morgan fingerprint density at radius 1 is 1.38 bits per heavy atom. The summed E-state index contributed by atoms with van der Waals surface area (Å²) in [5.74, 6) is 0.317. The maximum Gasteiger partial charge on any atom is 0.253 e. The van der Waals surface area contributed by atoms with Crippen LogP contribution in [0.4, 0.5) is 0 Å². The lowest BCUT2D eigenvalue weighted by Gasteiger charge is -2.31. The monoisotopic (exact) mass is 373 g/mol. The van der Waals surface area contributed by atoms with Crippen LogP contribution < -0.4 is 11.1 Å². The molecule has 0 aliphatic heterocycles. The van der Waals surface area contributed by atoms with E-state index in [1.54, 1.807) is 10.9 Å². The van der Waals surface area contributed by atoms with Crippen LogP contribution in [0.5, 0.6) is 0 Å². The Labute approximate surface area is 154 Å². The Kier molecular flexibility index (Phi) is 7.45. The maximum absolute atomic E-state index is 12.5. The van der Waals surface area contributed by atoms with Crippen molar-refractivity contribution in [3.63, 3.8) is 0 Å². The van der Waals surface area contributed by atoms with Crippen molar-refractivity contribution in [3.8, 4) is 0 Å². The number of nitrogens with zero attached hydrogens (tertiary/aromatic N) is 3. The molecule has 0 spiro atoms. The molecule has 0 bridgehead atoms. The van der Waals surface area contributed by atoms with Crippen LogP contribution in [0.3, 0.4) is 0 Å². The Bertz CT molecular complexity index is 703. The van der Waals surface area contributed by atoms with E-state index in [0.717, 1.165) is 36.0 Å². The molecule has 2 aromatic heterocycles. The summed E-state index contributed by atoms with van der Waals surface area (Å²) in [6.45, 7) is 2.56. The standard InChI is InChI=1S/C16H23N5O.2ClH/c1-10-13-7-12(9-18-15(13)21(2)20-10)16(22)19-14-6-4-3-5-11(14)8-17;;/h7,9,11,14H,3-6,8,17H2,1-2H3,(H,19,22);2*1H. The van der Waals surface area contributed by atoms with E-state index >= 15 is 0 Å². The third kappa shape index (κ3) is 3.99. The molecule has 3 rings (SSSR count). The summed E-state index contributed by atoms with van der Waals surface area (Å²) in [5.41, 5.74) is 8.10. The van der Waals surface area contributed by atoms with Gasteiger partial charge in [0, 0.05) is 24.7 Å². The molecule has 0 radical (unpaired) electrons. The number of halogens is 2. The number of hydrogen-bond donors (Lipinski definition) is 2. The van der Waals surface area contributed by atoms with Crippen molar-refractivity contribution >= 4 is 41.8 Å². The number of pyridine rings is 1.